The summed E-state index contributed by atoms with van der Waals surface area (Å²) in [5, 5.41) is 7.56. The second-order valence-electron chi connectivity index (χ2n) is 12.6. The van der Waals surface area contributed by atoms with Crippen molar-refractivity contribution in [2.24, 2.45) is 0 Å². The van der Waals surface area contributed by atoms with Gasteiger partial charge in [0.05, 0.1) is 22.1 Å². The van der Waals surface area contributed by atoms with Gasteiger partial charge in [-0.25, -0.2) is 0 Å². The Morgan fingerprint density at radius 3 is 1.40 bits per heavy atom. The Balaban J connectivity index is 1.10. The van der Waals surface area contributed by atoms with E-state index in [1.54, 1.807) is 0 Å². The number of fused-ring (bicyclic) bond motifs is 7. The Morgan fingerprint density at radius 2 is 0.750 bits per heavy atom. The molecule has 0 N–H and O–H groups in total. The molecule has 0 saturated carbocycles. The minimum Gasteiger partial charge on any atom is -0.309 e. The maximum absolute atomic E-state index is 2.40. The average Bonchev–Trinajstić information content (AvgIpc) is 3.67. The summed E-state index contributed by atoms with van der Waals surface area (Å²) in [5.74, 6) is 0. The van der Waals surface area contributed by atoms with Crippen LogP contribution in [0.25, 0.3) is 88.0 Å². The molecule has 10 rings (SSSR count). The lowest BCUT2D eigenvalue weighted by Gasteiger charge is -2.10. The van der Waals surface area contributed by atoms with Crippen LogP contribution in [0.1, 0.15) is 0 Å². The van der Waals surface area contributed by atoms with Crippen LogP contribution in [0.3, 0.4) is 0 Å². The molecule has 0 aliphatic heterocycles. The van der Waals surface area contributed by atoms with Crippen LogP contribution in [0.4, 0.5) is 0 Å². The number of benzene rings is 8. The average molecular weight is 611 g/mol. The van der Waals surface area contributed by atoms with E-state index in [1.165, 1.54) is 88.0 Å². The molecule has 0 atom stereocenters. The highest BCUT2D eigenvalue weighted by molar-refractivity contribution is 6.12. The quantitative estimate of drug-likeness (QED) is 0.188. The summed E-state index contributed by atoms with van der Waals surface area (Å²) in [6.45, 7) is 0. The van der Waals surface area contributed by atoms with Crippen molar-refractivity contribution in [2.75, 3.05) is 0 Å². The van der Waals surface area contributed by atoms with E-state index in [2.05, 4.69) is 191 Å². The molecule has 224 valence electrons. The van der Waals surface area contributed by atoms with E-state index < -0.39 is 0 Å². The number of hydrogen-bond acceptors (Lipinski definition) is 0. The summed E-state index contributed by atoms with van der Waals surface area (Å²) in [6.07, 6.45) is 0. The van der Waals surface area contributed by atoms with Gasteiger partial charge in [-0.1, -0.05) is 115 Å². The Bertz CT molecular complexity index is 2830. The van der Waals surface area contributed by atoms with Crippen LogP contribution in [0.15, 0.2) is 182 Å². The van der Waals surface area contributed by atoms with E-state index in [4.69, 9.17) is 0 Å². The molecule has 2 aromatic heterocycles. The van der Waals surface area contributed by atoms with E-state index >= 15 is 0 Å². The van der Waals surface area contributed by atoms with Gasteiger partial charge in [-0.2, -0.15) is 0 Å². The third kappa shape index (κ3) is 4.13. The zero-order valence-electron chi connectivity index (χ0n) is 26.2. The minimum absolute atomic E-state index is 1.18. The van der Waals surface area contributed by atoms with Crippen LogP contribution >= 0.6 is 0 Å². The van der Waals surface area contributed by atoms with Crippen LogP contribution in [0.5, 0.6) is 0 Å². The van der Waals surface area contributed by atoms with Gasteiger partial charge < -0.3 is 9.13 Å². The number of para-hydroxylation sites is 3. The molecule has 2 heteroatoms. The first-order chi connectivity index (χ1) is 23.8. The first-order valence-corrected chi connectivity index (χ1v) is 16.5. The van der Waals surface area contributed by atoms with E-state index in [9.17, 15) is 0 Å². The van der Waals surface area contributed by atoms with Crippen molar-refractivity contribution < 1.29 is 0 Å². The molecule has 2 heterocycles. The van der Waals surface area contributed by atoms with Gasteiger partial charge in [-0.05, 0) is 99.8 Å². The molecular formula is C46H30N2. The summed E-state index contributed by atoms with van der Waals surface area (Å²) < 4.78 is 4.77. The van der Waals surface area contributed by atoms with Gasteiger partial charge in [0, 0.05) is 32.9 Å². The molecule has 48 heavy (non-hydrogen) atoms. The molecular weight excluding hydrogens is 581 g/mol. The molecule has 0 unspecified atom stereocenters. The van der Waals surface area contributed by atoms with Crippen molar-refractivity contribution in [3.63, 3.8) is 0 Å². The fraction of sp³-hybridized carbons (Fsp3) is 0. The number of nitrogens with zero attached hydrogens (tertiary/aromatic N) is 2. The van der Waals surface area contributed by atoms with Gasteiger partial charge in [0.2, 0.25) is 0 Å². The van der Waals surface area contributed by atoms with Crippen molar-refractivity contribution in [2.45, 2.75) is 0 Å². The molecule has 0 aliphatic rings. The summed E-state index contributed by atoms with van der Waals surface area (Å²) in [4.78, 5) is 0. The van der Waals surface area contributed by atoms with E-state index in [0.717, 1.165) is 0 Å². The van der Waals surface area contributed by atoms with Crippen LogP contribution in [-0.4, -0.2) is 9.13 Å². The lowest BCUT2D eigenvalue weighted by Crippen LogP contribution is -1.93. The van der Waals surface area contributed by atoms with Gasteiger partial charge >= 0.3 is 0 Å². The van der Waals surface area contributed by atoms with Crippen LogP contribution in [-0.2, 0) is 0 Å². The predicted octanol–water partition coefficient (Wildman–Crippen LogP) is 12.4. The zero-order chi connectivity index (χ0) is 31.6. The van der Waals surface area contributed by atoms with Crippen molar-refractivity contribution in [3.05, 3.63) is 182 Å². The van der Waals surface area contributed by atoms with Crippen molar-refractivity contribution in [3.8, 4) is 33.6 Å². The van der Waals surface area contributed by atoms with Gasteiger partial charge in [-0.15, -0.1) is 0 Å². The fourth-order valence-corrected chi connectivity index (χ4v) is 7.63. The number of aromatic nitrogens is 2. The van der Waals surface area contributed by atoms with E-state index in [-0.39, 0.29) is 0 Å². The van der Waals surface area contributed by atoms with Gasteiger partial charge in [0.1, 0.15) is 0 Å². The number of rotatable bonds is 4. The van der Waals surface area contributed by atoms with Crippen molar-refractivity contribution >= 4 is 54.4 Å². The maximum Gasteiger partial charge on any atom is 0.0541 e. The first-order valence-electron chi connectivity index (χ1n) is 16.5. The highest BCUT2D eigenvalue weighted by Gasteiger charge is 2.15. The van der Waals surface area contributed by atoms with Crippen molar-refractivity contribution in [1.82, 2.24) is 9.13 Å². The first kappa shape index (κ1) is 26.8. The summed E-state index contributed by atoms with van der Waals surface area (Å²) in [7, 11) is 0. The van der Waals surface area contributed by atoms with Crippen LogP contribution < -0.4 is 0 Å². The van der Waals surface area contributed by atoms with Gasteiger partial charge in [-0.3, -0.25) is 0 Å². The zero-order valence-corrected chi connectivity index (χ0v) is 26.2. The monoisotopic (exact) mass is 610 g/mol. The summed E-state index contributed by atoms with van der Waals surface area (Å²) in [6, 6.07) is 66.3. The molecule has 2 nitrogen and oxygen atoms in total. The van der Waals surface area contributed by atoms with Gasteiger partial charge in [0.25, 0.3) is 0 Å². The van der Waals surface area contributed by atoms with E-state index in [0.29, 0.717) is 0 Å². The molecule has 0 saturated heterocycles. The standard InChI is InChI=1S/C46H30N2/c1-2-15-37(16-3-1)47-43-19-8-6-17-39(43)41-29-35(22-25-45(41)47)32-13-10-14-33(27-32)36-23-26-46-42(30-36)40-18-7-9-20-44(40)48(46)38-24-21-31-11-4-5-12-34(31)28-38/h1-30H. The molecule has 10 aromatic rings. The Kier molecular flexibility index (Phi) is 5.91. The second kappa shape index (κ2) is 10.6. The predicted molar refractivity (Wildman–Crippen MR) is 203 cm³/mol. The van der Waals surface area contributed by atoms with E-state index in [1.807, 2.05) is 0 Å². The molecule has 0 amide bonds. The second-order valence-corrected chi connectivity index (χ2v) is 12.6. The highest BCUT2D eigenvalue weighted by Crippen LogP contribution is 2.38. The lowest BCUT2D eigenvalue weighted by atomic mass is 9.97. The fourth-order valence-electron chi connectivity index (χ4n) is 7.63. The molecule has 0 fully saturated rings. The SMILES string of the molecule is c1ccc(-n2c3ccccc3c3cc(-c4cccc(-c5ccc6c(c5)c5ccccc5n6-c5ccc6ccccc6c5)c4)ccc32)cc1. The third-order valence-electron chi connectivity index (χ3n) is 9.88. The largest absolute Gasteiger partial charge is 0.309 e. The smallest absolute Gasteiger partial charge is 0.0541 e. The molecule has 0 bridgehead atoms. The summed E-state index contributed by atoms with van der Waals surface area (Å²) >= 11 is 0. The van der Waals surface area contributed by atoms with Crippen LogP contribution in [0.2, 0.25) is 0 Å². The highest BCUT2D eigenvalue weighted by atomic mass is 15.0. The topological polar surface area (TPSA) is 9.86 Å². The number of hydrogen-bond donors (Lipinski definition) is 0. The normalized spacial score (nSPS) is 11.8. The van der Waals surface area contributed by atoms with Crippen molar-refractivity contribution in [1.29, 1.82) is 0 Å². The molecule has 8 aromatic carbocycles. The maximum atomic E-state index is 2.40. The minimum atomic E-state index is 1.18. The Morgan fingerprint density at radius 1 is 0.250 bits per heavy atom. The molecule has 0 radical (unpaired) electrons. The summed E-state index contributed by atoms with van der Waals surface area (Å²) in [5.41, 5.74) is 12.1. The lowest BCUT2D eigenvalue weighted by molar-refractivity contribution is 1.18. The van der Waals surface area contributed by atoms with Crippen LogP contribution in [0, 0.1) is 0 Å². The molecule has 0 spiro atoms. The Hall–Kier alpha value is -6.38. The Labute approximate surface area is 278 Å². The third-order valence-corrected chi connectivity index (χ3v) is 9.88. The van der Waals surface area contributed by atoms with Gasteiger partial charge in [0.15, 0.2) is 0 Å². The molecule has 0 aliphatic carbocycles.